The number of rotatable bonds is 1. The van der Waals surface area contributed by atoms with E-state index in [1.165, 1.54) is 12.1 Å². The van der Waals surface area contributed by atoms with Gasteiger partial charge in [-0.25, -0.2) is 0 Å². The van der Waals surface area contributed by atoms with Crippen molar-refractivity contribution < 1.29 is 26.3 Å². The van der Waals surface area contributed by atoms with Crippen molar-refractivity contribution in [3.8, 4) is 11.1 Å². The second-order valence-electron chi connectivity index (χ2n) is 7.16. The maximum atomic E-state index is 13.5. The Morgan fingerprint density at radius 1 is 0.893 bits per heavy atom. The van der Waals surface area contributed by atoms with Crippen molar-refractivity contribution in [3.05, 3.63) is 53.1 Å². The second-order valence-corrected chi connectivity index (χ2v) is 7.16. The fourth-order valence-corrected chi connectivity index (χ4v) is 4.24. The minimum Gasteiger partial charge on any atom is -0.367 e. The van der Waals surface area contributed by atoms with Crippen LogP contribution in [0.5, 0.6) is 0 Å². The summed E-state index contributed by atoms with van der Waals surface area (Å²) >= 11 is 0. The van der Waals surface area contributed by atoms with E-state index in [-0.39, 0.29) is 11.6 Å². The number of nitrogens with one attached hydrogen (secondary N) is 1. The van der Waals surface area contributed by atoms with Gasteiger partial charge in [0.1, 0.15) is 0 Å². The first-order chi connectivity index (χ1) is 13.2. The minimum absolute atomic E-state index is 0.0465. The van der Waals surface area contributed by atoms with Crippen LogP contribution < -0.4 is 10.2 Å². The van der Waals surface area contributed by atoms with Crippen molar-refractivity contribution in [2.75, 3.05) is 24.5 Å². The summed E-state index contributed by atoms with van der Waals surface area (Å²) < 4.78 is 80.9. The van der Waals surface area contributed by atoms with E-state index in [1.807, 2.05) is 0 Å². The molecule has 1 unspecified atom stereocenters. The average molecular weight is 400 g/mol. The highest BCUT2D eigenvalue weighted by Gasteiger charge is 2.41. The van der Waals surface area contributed by atoms with Crippen LogP contribution >= 0.6 is 0 Å². The highest BCUT2D eigenvalue weighted by Crippen LogP contribution is 2.46. The molecule has 150 valence electrons. The number of halogens is 6. The van der Waals surface area contributed by atoms with Crippen LogP contribution in [0, 0.1) is 0 Å². The predicted octanol–water partition coefficient (Wildman–Crippen LogP) is 5.12. The van der Waals surface area contributed by atoms with E-state index in [2.05, 4.69) is 10.2 Å². The topological polar surface area (TPSA) is 15.3 Å². The summed E-state index contributed by atoms with van der Waals surface area (Å²) in [7, 11) is 0. The van der Waals surface area contributed by atoms with Gasteiger partial charge in [-0.15, -0.1) is 0 Å². The molecule has 1 atom stereocenters. The normalized spacial score (nSPS) is 19.9. The summed E-state index contributed by atoms with van der Waals surface area (Å²) in [6.45, 7) is 2.41. The third-order valence-corrected chi connectivity index (χ3v) is 5.43. The van der Waals surface area contributed by atoms with Gasteiger partial charge in [0.25, 0.3) is 0 Å². The Morgan fingerprint density at radius 3 is 2.21 bits per heavy atom. The first kappa shape index (κ1) is 19.1. The van der Waals surface area contributed by atoms with Crippen molar-refractivity contribution in [1.82, 2.24) is 5.32 Å². The lowest BCUT2D eigenvalue weighted by atomic mass is 9.92. The molecule has 0 saturated carbocycles. The molecule has 28 heavy (non-hydrogen) atoms. The summed E-state index contributed by atoms with van der Waals surface area (Å²) in [5.41, 5.74) is -1.67. The number of fused-ring (bicyclic) bond motifs is 3. The Kier molecular flexibility index (Phi) is 4.56. The van der Waals surface area contributed by atoms with E-state index < -0.39 is 29.0 Å². The van der Waals surface area contributed by atoms with Gasteiger partial charge in [-0.1, -0.05) is 12.1 Å². The molecule has 0 aromatic heterocycles. The van der Waals surface area contributed by atoms with E-state index >= 15 is 0 Å². The summed E-state index contributed by atoms with van der Waals surface area (Å²) in [6.07, 6.45) is -8.25. The molecule has 2 aliphatic rings. The van der Waals surface area contributed by atoms with Gasteiger partial charge in [0.15, 0.2) is 0 Å². The van der Waals surface area contributed by atoms with Crippen LogP contribution in [0.4, 0.5) is 32.0 Å². The zero-order valence-electron chi connectivity index (χ0n) is 14.8. The third kappa shape index (κ3) is 3.34. The lowest BCUT2D eigenvalue weighted by Gasteiger charge is -2.24. The van der Waals surface area contributed by atoms with Crippen molar-refractivity contribution in [1.29, 1.82) is 0 Å². The molecule has 2 aromatic carbocycles. The highest BCUT2D eigenvalue weighted by atomic mass is 19.4. The number of anilines is 1. The quantitative estimate of drug-likeness (QED) is 0.669. The molecule has 1 saturated heterocycles. The molecule has 0 bridgehead atoms. The van der Waals surface area contributed by atoms with E-state index in [4.69, 9.17) is 0 Å². The molecule has 8 heteroatoms. The largest absolute Gasteiger partial charge is 0.417 e. The molecule has 2 aliphatic heterocycles. The monoisotopic (exact) mass is 400 g/mol. The van der Waals surface area contributed by atoms with E-state index in [1.54, 1.807) is 6.07 Å². The first-order valence-corrected chi connectivity index (χ1v) is 9.04. The van der Waals surface area contributed by atoms with Crippen molar-refractivity contribution in [2.24, 2.45) is 0 Å². The highest BCUT2D eigenvalue weighted by molar-refractivity contribution is 5.76. The molecule has 2 aromatic rings. The summed E-state index contributed by atoms with van der Waals surface area (Å²) in [5.74, 6) is 0. The molecular formula is C20H18F6N2. The summed E-state index contributed by atoms with van der Waals surface area (Å²) in [4.78, 5) is 2.19. The van der Waals surface area contributed by atoms with Crippen LogP contribution in [0.15, 0.2) is 36.4 Å². The molecule has 1 N–H and O–H groups in total. The molecular weight excluding hydrogens is 382 g/mol. The number of hydrogen-bond donors (Lipinski definition) is 1. The molecule has 0 aliphatic carbocycles. The van der Waals surface area contributed by atoms with Crippen molar-refractivity contribution >= 4 is 5.69 Å². The van der Waals surface area contributed by atoms with Gasteiger partial charge < -0.3 is 10.2 Å². The van der Waals surface area contributed by atoms with Crippen LogP contribution in [0.25, 0.3) is 11.1 Å². The van der Waals surface area contributed by atoms with Crippen molar-refractivity contribution in [3.63, 3.8) is 0 Å². The van der Waals surface area contributed by atoms with Gasteiger partial charge in [0.05, 0.1) is 11.1 Å². The Balaban J connectivity index is 1.85. The minimum atomic E-state index is -4.88. The standard InChI is InChI=1S/C20H18F6N2/c21-19(22,23)15-2-1-3-16(20(24,25)26)18(15)12-4-5-17-13(10-12)11-14-6-7-27-8-9-28(14)17/h1-5,10,14,27H,6-9,11H2. The zero-order chi connectivity index (χ0) is 20.1. The van der Waals surface area contributed by atoms with Crippen molar-refractivity contribution in [2.45, 2.75) is 31.2 Å². The second kappa shape index (κ2) is 6.69. The van der Waals surface area contributed by atoms with Crippen LogP contribution in [-0.2, 0) is 18.8 Å². The van der Waals surface area contributed by atoms with Gasteiger partial charge in [-0.05, 0) is 54.8 Å². The van der Waals surface area contributed by atoms with Gasteiger partial charge in [-0.2, -0.15) is 26.3 Å². The van der Waals surface area contributed by atoms with Gasteiger partial charge in [-0.3, -0.25) is 0 Å². The fraction of sp³-hybridized carbons (Fsp3) is 0.400. The smallest absolute Gasteiger partial charge is 0.367 e. The SMILES string of the molecule is FC(F)(F)c1cccc(C(F)(F)F)c1-c1ccc2c(c1)CC1CCNCCN21. The van der Waals surface area contributed by atoms with Gasteiger partial charge in [0.2, 0.25) is 0 Å². The van der Waals surface area contributed by atoms with Crippen LogP contribution in [-0.4, -0.2) is 25.7 Å². The van der Waals surface area contributed by atoms with Gasteiger partial charge in [0, 0.05) is 30.4 Å². The lowest BCUT2D eigenvalue weighted by Crippen LogP contribution is -2.32. The first-order valence-electron chi connectivity index (χ1n) is 9.04. The Morgan fingerprint density at radius 2 is 1.57 bits per heavy atom. The number of alkyl halides is 6. The maximum absolute atomic E-state index is 13.5. The maximum Gasteiger partial charge on any atom is 0.417 e. The predicted molar refractivity (Wildman–Crippen MR) is 94.2 cm³/mol. The molecule has 0 spiro atoms. The number of benzene rings is 2. The van der Waals surface area contributed by atoms with Gasteiger partial charge >= 0.3 is 12.4 Å². The Labute approximate surface area is 158 Å². The summed E-state index contributed by atoms with van der Waals surface area (Å²) in [6, 6.07) is 6.97. The average Bonchev–Trinajstić information content (AvgIpc) is 2.79. The number of nitrogens with zero attached hydrogens (tertiary/aromatic N) is 1. The summed E-state index contributed by atoms with van der Waals surface area (Å²) in [5, 5.41) is 3.30. The zero-order valence-corrected chi connectivity index (χ0v) is 14.8. The van der Waals surface area contributed by atoms with E-state index in [0.717, 1.165) is 43.4 Å². The molecule has 4 rings (SSSR count). The Bertz CT molecular complexity index is 855. The van der Waals surface area contributed by atoms with Crippen LogP contribution in [0.3, 0.4) is 0 Å². The van der Waals surface area contributed by atoms with E-state index in [9.17, 15) is 26.3 Å². The molecule has 1 fully saturated rings. The lowest BCUT2D eigenvalue weighted by molar-refractivity contribution is -0.142. The number of hydrogen-bond acceptors (Lipinski definition) is 2. The fourth-order valence-electron chi connectivity index (χ4n) is 4.24. The third-order valence-electron chi connectivity index (χ3n) is 5.43. The van der Waals surface area contributed by atoms with Crippen LogP contribution in [0.1, 0.15) is 23.1 Å². The van der Waals surface area contributed by atoms with E-state index in [0.29, 0.717) is 18.6 Å². The molecule has 2 nitrogen and oxygen atoms in total. The molecule has 0 amide bonds. The Hall–Kier alpha value is -2.22. The molecule has 0 radical (unpaired) electrons. The molecule has 2 heterocycles. The van der Waals surface area contributed by atoms with Crippen LogP contribution in [0.2, 0.25) is 0 Å².